The van der Waals surface area contributed by atoms with E-state index in [4.69, 9.17) is 21.1 Å². The first-order valence-electron chi connectivity index (χ1n) is 9.40. The highest BCUT2D eigenvalue weighted by Crippen LogP contribution is 2.35. The predicted octanol–water partition coefficient (Wildman–Crippen LogP) is 3.77. The smallest absolute Gasteiger partial charge is 0.146 e. The summed E-state index contributed by atoms with van der Waals surface area (Å²) in [5.74, 6) is 0.449. The van der Waals surface area contributed by atoms with E-state index in [1.54, 1.807) is 18.3 Å². The van der Waals surface area contributed by atoms with E-state index in [0.717, 1.165) is 44.2 Å². The van der Waals surface area contributed by atoms with E-state index < -0.39 is 0 Å². The Hall–Kier alpha value is -2.28. The van der Waals surface area contributed by atoms with Crippen LogP contribution in [0.2, 0.25) is 5.02 Å². The van der Waals surface area contributed by atoms with Crippen molar-refractivity contribution in [1.82, 2.24) is 10.2 Å². The highest BCUT2D eigenvalue weighted by molar-refractivity contribution is 6.31. The van der Waals surface area contributed by atoms with Gasteiger partial charge >= 0.3 is 0 Å². The maximum Gasteiger partial charge on any atom is 0.146 e. The molecule has 0 aliphatic carbocycles. The second kappa shape index (κ2) is 8.82. The number of nitrogens with zero attached hydrogens (tertiary/aromatic N) is 2. The van der Waals surface area contributed by atoms with Crippen molar-refractivity contribution in [3.63, 3.8) is 0 Å². The van der Waals surface area contributed by atoms with Crippen LogP contribution in [0.4, 0.5) is 10.1 Å². The molecular formula is C21H23ClFN3O2. The van der Waals surface area contributed by atoms with Crippen molar-refractivity contribution in [2.24, 2.45) is 0 Å². The molecule has 2 aliphatic heterocycles. The molecule has 1 fully saturated rings. The van der Waals surface area contributed by atoms with Gasteiger partial charge in [-0.2, -0.15) is 0 Å². The molecule has 0 radical (unpaired) electrons. The van der Waals surface area contributed by atoms with E-state index in [1.807, 2.05) is 35.4 Å². The zero-order valence-corrected chi connectivity index (χ0v) is 16.2. The number of rotatable bonds is 6. The number of morpholine rings is 1. The van der Waals surface area contributed by atoms with Gasteiger partial charge in [0.05, 0.1) is 23.9 Å². The fourth-order valence-corrected chi connectivity index (χ4v) is 3.71. The number of para-hydroxylation sites is 1. The van der Waals surface area contributed by atoms with E-state index in [2.05, 4.69) is 10.2 Å². The average Bonchev–Trinajstić information content (AvgIpc) is 3.18. The van der Waals surface area contributed by atoms with Gasteiger partial charge in [0.15, 0.2) is 0 Å². The normalized spacial score (nSPS) is 19.6. The molecule has 0 amide bonds. The zero-order chi connectivity index (χ0) is 19.3. The molecule has 0 bridgehead atoms. The fraction of sp³-hybridized carbons (Fsp3) is 0.333. The Morgan fingerprint density at radius 3 is 2.79 bits per heavy atom. The van der Waals surface area contributed by atoms with Crippen molar-refractivity contribution in [2.75, 3.05) is 44.4 Å². The molecule has 2 aromatic rings. The first-order chi connectivity index (χ1) is 13.7. The van der Waals surface area contributed by atoms with E-state index in [0.29, 0.717) is 17.3 Å². The number of hydrogen-bond donors (Lipinski definition) is 1. The highest BCUT2D eigenvalue weighted by Gasteiger charge is 2.26. The molecule has 0 aromatic heterocycles. The summed E-state index contributed by atoms with van der Waals surface area (Å²) in [6.07, 6.45) is 3.33. The van der Waals surface area contributed by atoms with E-state index in [-0.39, 0.29) is 12.0 Å². The minimum Gasteiger partial charge on any atom is -0.492 e. The third-order valence-electron chi connectivity index (χ3n) is 4.94. The lowest BCUT2D eigenvalue weighted by Crippen LogP contribution is -2.38. The van der Waals surface area contributed by atoms with Crippen LogP contribution in [0.5, 0.6) is 5.75 Å². The molecule has 2 aliphatic rings. The predicted molar refractivity (Wildman–Crippen MR) is 108 cm³/mol. The molecule has 1 unspecified atom stereocenters. The Labute approximate surface area is 169 Å². The van der Waals surface area contributed by atoms with Gasteiger partial charge in [0.2, 0.25) is 0 Å². The second-order valence-corrected chi connectivity index (χ2v) is 7.14. The summed E-state index contributed by atoms with van der Waals surface area (Å²) in [6.45, 7) is 4.89. The molecule has 1 N–H and O–H groups in total. The topological polar surface area (TPSA) is 37.0 Å². The summed E-state index contributed by atoms with van der Waals surface area (Å²) in [5.41, 5.74) is 1.35. The lowest BCUT2D eigenvalue weighted by Gasteiger charge is -2.27. The molecule has 2 heterocycles. The summed E-state index contributed by atoms with van der Waals surface area (Å²) in [7, 11) is 0. The third kappa shape index (κ3) is 4.24. The van der Waals surface area contributed by atoms with Crippen LogP contribution in [0.3, 0.4) is 0 Å². The molecule has 1 atom stereocenters. The first-order valence-corrected chi connectivity index (χ1v) is 9.78. The van der Waals surface area contributed by atoms with Crippen molar-refractivity contribution in [2.45, 2.75) is 6.17 Å². The van der Waals surface area contributed by atoms with Crippen LogP contribution in [-0.4, -0.2) is 44.4 Å². The summed E-state index contributed by atoms with van der Waals surface area (Å²) in [6, 6.07) is 12.3. The van der Waals surface area contributed by atoms with Gasteiger partial charge in [-0.1, -0.05) is 23.7 Å². The SMILES string of the molecule is Fc1ccccc1N1C=CNC1c1ccc(OCCN2CCOCC2)cc1Cl. The third-order valence-corrected chi connectivity index (χ3v) is 5.27. The zero-order valence-electron chi connectivity index (χ0n) is 15.5. The number of ether oxygens (including phenoxy) is 2. The standard InChI is InChI=1S/C21H23ClFN3O2/c22-18-15-16(28-14-11-25-9-12-27-13-10-25)5-6-17(18)21-24-7-8-26(21)20-4-2-1-3-19(20)23/h1-8,15,21,24H,9-14H2. The average molecular weight is 404 g/mol. The second-order valence-electron chi connectivity index (χ2n) is 6.73. The Morgan fingerprint density at radius 1 is 1.18 bits per heavy atom. The van der Waals surface area contributed by atoms with Crippen LogP contribution in [0, 0.1) is 5.82 Å². The van der Waals surface area contributed by atoms with Gasteiger partial charge in [0.25, 0.3) is 0 Å². The van der Waals surface area contributed by atoms with Crippen LogP contribution in [0.1, 0.15) is 11.7 Å². The fourth-order valence-electron chi connectivity index (χ4n) is 3.44. The van der Waals surface area contributed by atoms with Crippen LogP contribution < -0.4 is 15.0 Å². The Morgan fingerprint density at radius 2 is 2.00 bits per heavy atom. The van der Waals surface area contributed by atoms with Crippen LogP contribution in [-0.2, 0) is 4.74 Å². The van der Waals surface area contributed by atoms with Crippen LogP contribution >= 0.6 is 11.6 Å². The lowest BCUT2D eigenvalue weighted by molar-refractivity contribution is 0.0322. The van der Waals surface area contributed by atoms with E-state index >= 15 is 0 Å². The summed E-state index contributed by atoms with van der Waals surface area (Å²) >= 11 is 6.53. The van der Waals surface area contributed by atoms with Gasteiger partial charge in [-0.3, -0.25) is 4.90 Å². The molecule has 0 saturated carbocycles. The van der Waals surface area contributed by atoms with Gasteiger partial charge in [-0.05, 0) is 30.3 Å². The quantitative estimate of drug-likeness (QED) is 0.794. The number of nitrogens with one attached hydrogen (secondary N) is 1. The number of benzene rings is 2. The molecular weight excluding hydrogens is 381 g/mol. The molecule has 7 heteroatoms. The van der Waals surface area contributed by atoms with Gasteiger partial charge in [-0.15, -0.1) is 0 Å². The summed E-state index contributed by atoms with van der Waals surface area (Å²) in [5, 5.41) is 3.81. The lowest BCUT2D eigenvalue weighted by atomic mass is 10.1. The van der Waals surface area contributed by atoms with E-state index in [9.17, 15) is 4.39 Å². The van der Waals surface area contributed by atoms with Gasteiger partial charge < -0.3 is 19.7 Å². The number of anilines is 1. The molecule has 28 heavy (non-hydrogen) atoms. The van der Waals surface area contributed by atoms with Crippen LogP contribution in [0.25, 0.3) is 0 Å². The Kier molecular flexibility index (Phi) is 6.00. The van der Waals surface area contributed by atoms with Crippen molar-refractivity contribution in [1.29, 1.82) is 0 Å². The maximum absolute atomic E-state index is 14.2. The van der Waals surface area contributed by atoms with Crippen molar-refractivity contribution in [3.8, 4) is 5.75 Å². The number of hydrogen-bond acceptors (Lipinski definition) is 5. The summed E-state index contributed by atoms with van der Waals surface area (Å²) < 4.78 is 25.4. The Balaban J connectivity index is 1.42. The molecule has 2 aromatic carbocycles. The van der Waals surface area contributed by atoms with Crippen LogP contribution in [0.15, 0.2) is 54.9 Å². The monoisotopic (exact) mass is 403 g/mol. The van der Waals surface area contributed by atoms with Crippen molar-refractivity contribution < 1.29 is 13.9 Å². The van der Waals surface area contributed by atoms with Gasteiger partial charge in [0.1, 0.15) is 24.3 Å². The first kappa shape index (κ1) is 19.1. The highest BCUT2D eigenvalue weighted by atomic mass is 35.5. The van der Waals surface area contributed by atoms with Gasteiger partial charge in [-0.25, -0.2) is 4.39 Å². The van der Waals surface area contributed by atoms with Crippen molar-refractivity contribution >= 4 is 17.3 Å². The molecule has 148 valence electrons. The molecule has 5 nitrogen and oxygen atoms in total. The summed E-state index contributed by atoms with van der Waals surface area (Å²) in [4.78, 5) is 4.15. The minimum absolute atomic E-state index is 0.271. The molecule has 0 spiro atoms. The van der Waals surface area contributed by atoms with Gasteiger partial charge in [0, 0.05) is 37.6 Å². The maximum atomic E-state index is 14.2. The number of halogens is 2. The van der Waals surface area contributed by atoms with Crippen molar-refractivity contribution in [3.05, 3.63) is 71.3 Å². The minimum atomic E-state index is -0.278. The largest absolute Gasteiger partial charge is 0.492 e. The van der Waals surface area contributed by atoms with E-state index in [1.165, 1.54) is 6.07 Å². The Bertz CT molecular complexity index is 842. The molecule has 4 rings (SSSR count). The molecule has 1 saturated heterocycles.